The summed E-state index contributed by atoms with van der Waals surface area (Å²) in [4.78, 5) is 23.2. The van der Waals surface area contributed by atoms with Crippen LogP contribution in [0, 0.1) is 0 Å². The number of hydrogen-bond acceptors (Lipinski definition) is 5. The van der Waals surface area contributed by atoms with E-state index in [9.17, 15) is 19.4 Å². The second-order valence-corrected chi connectivity index (χ2v) is 23.2. The van der Waals surface area contributed by atoms with Crippen LogP contribution in [0.3, 0.4) is 0 Å². The molecule has 0 aliphatic carbocycles. The van der Waals surface area contributed by atoms with Crippen molar-refractivity contribution >= 4 is 13.7 Å². The fraction of sp³-hybridized carbons (Fsp3) is 0.883. The van der Waals surface area contributed by atoms with Gasteiger partial charge in [-0.15, -0.1) is 0 Å². The minimum absolute atomic E-state index is 0.0624. The Morgan fingerprint density at radius 1 is 0.493 bits per heavy atom. The predicted octanol–water partition coefficient (Wildman–Crippen LogP) is 18.2. The van der Waals surface area contributed by atoms with Gasteiger partial charge < -0.3 is 19.8 Å². The van der Waals surface area contributed by atoms with Crippen LogP contribution < -0.4 is 5.32 Å². The number of aliphatic hydroxyl groups is 1. The average Bonchev–Trinajstić information content (AvgIpc) is 3.31. The van der Waals surface area contributed by atoms with E-state index < -0.39 is 20.0 Å². The van der Waals surface area contributed by atoms with Crippen LogP contribution >= 0.6 is 7.82 Å². The summed E-state index contributed by atoms with van der Waals surface area (Å²) in [6.07, 6.45) is 67.1. The topological polar surface area (TPSA) is 105 Å². The first-order valence-electron chi connectivity index (χ1n) is 29.9. The van der Waals surface area contributed by atoms with Crippen LogP contribution in [0.2, 0.25) is 0 Å². The van der Waals surface area contributed by atoms with Gasteiger partial charge >= 0.3 is 7.82 Å². The normalized spacial score (nSPS) is 14.1. The van der Waals surface area contributed by atoms with Gasteiger partial charge in [0, 0.05) is 6.42 Å². The summed E-state index contributed by atoms with van der Waals surface area (Å²) in [7, 11) is 1.58. The second kappa shape index (κ2) is 51.6. The van der Waals surface area contributed by atoms with Crippen molar-refractivity contribution in [3.63, 3.8) is 0 Å². The molecule has 0 aliphatic rings. The third-order valence-electron chi connectivity index (χ3n) is 13.6. The van der Waals surface area contributed by atoms with Gasteiger partial charge in [0.05, 0.1) is 39.9 Å². The number of nitrogens with one attached hydrogen (secondary N) is 1. The first-order valence-corrected chi connectivity index (χ1v) is 31.4. The minimum atomic E-state index is -4.34. The van der Waals surface area contributed by atoms with Gasteiger partial charge in [-0.25, -0.2) is 4.57 Å². The standard InChI is InChI=1S/C60H117N2O6P/c1-6-8-10-12-14-16-18-19-20-21-22-23-24-25-26-27-28-29-30-31-32-33-34-35-36-37-38-39-40-41-42-43-44-46-48-50-52-54-60(64)61-58(57-68-69(65,66)67-56-55-62(3,4)5)59(63)53-51-49-47-45-17-15-13-11-9-7-2/h26-27,29-30,51,53,58-59,63H,6-25,28,31-50,52,54-57H2,1-5H3,(H-,61,64,65,66)/p+1/b27-26-,30-29-,53-51+. The number of nitrogens with zero attached hydrogens (tertiary/aromatic N) is 1. The number of rotatable bonds is 55. The van der Waals surface area contributed by atoms with Gasteiger partial charge in [0.15, 0.2) is 0 Å². The molecule has 0 rings (SSSR count). The zero-order valence-corrected chi connectivity index (χ0v) is 47.5. The summed E-state index contributed by atoms with van der Waals surface area (Å²) in [6.45, 7) is 4.82. The fourth-order valence-corrected chi connectivity index (χ4v) is 9.63. The number of aliphatic hydroxyl groups excluding tert-OH is 1. The lowest BCUT2D eigenvalue weighted by atomic mass is 10.0. The van der Waals surface area contributed by atoms with E-state index in [1.165, 1.54) is 225 Å². The molecule has 9 heteroatoms. The molecule has 0 heterocycles. The highest BCUT2D eigenvalue weighted by molar-refractivity contribution is 7.47. The Morgan fingerprint density at radius 3 is 1.19 bits per heavy atom. The molecule has 0 aromatic carbocycles. The van der Waals surface area contributed by atoms with Crippen molar-refractivity contribution in [2.45, 2.75) is 302 Å². The molecule has 3 unspecified atom stereocenters. The molecule has 0 radical (unpaired) electrons. The number of hydrogen-bond donors (Lipinski definition) is 3. The molecular formula is C60H118N2O6P+. The number of carbonyl (C=O) groups excluding carboxylic acids is 1. The number of carbonyl (C=O) groups is 1. The van der Waals surface area contributed by atoms with Gasteiger partial charge in [-0.05, 0) is 51.4 Å². The van der Waals surface area contributed by atoms with Gasteiger partial charge in [-0.1, -0.05) is 269 Å². The largest absolute Gasteiger partial charge is 0.472 e. The summed E-state index contributed by atoms with van der Waals surface area (Å²) in [6, 6.07) is -0.843. The van der Waals surface area contributed by atoms with Crippen LogP contribution in [0.25, 0.3) is 0 Å². The summed E-state index contributed by atoms with van der Waals surface area (Å²) < 4.78 is 23.6. The summed E-state index contributed by atoms with van der Waals surface area (Å²) in [5.74, 6) is -0.176. The maximum Gasteiger partial charge on any atom is 0.472 e. The number of quaternary nitrogens is 1. The molecule has 0 fully saturated rings. The van der Waals surface area contributed by atoms with E-state index in [0.29, 0.717) is 17.4 Å². The molecule has 0 bridgehead atoms. The number of phosphoric ester groups is 1. The number of phosphoric acid groups is 1. The Morgan fingerprint density at radius 2 is 0.826 bits per heavy atom. The highest BCUT2D eigenvalue weighted by Crippen LogP contribution is 2.43. The Hall–Kier alpha value is -1.28. The van der Waals surface area contributed by atoms with Gasteiger partial charge in [0.2, 0.25) is 5.91 Å². The van der Waals surface area contributed by atoms with Crippen LogP contribution in [-0.4, -0.2) is 73.4 Å². The van der Waals surface area contributed by atoms with E-state index in [2.05, 4.69) is 43.5 Å². The summed E-state index contributed by atoms with van der Waals surface area (Å²) in [5.41, 5.74) is 0. The van der Waals surface area contributed by atoms with Crippen LogP contribution in [0.1, 0.15) is 290 Å². The first-order chi connectivity index (χ1) is 33.5. The van der Waals surface area contributed by atoms with Gasteiger partial charge in [0.25, 0.3) is 0 Å². The Balaban J connectivity index is 3.87. The van der Waals surface area contributed by atoms with Crippen molar-refractivity contribution in [2.24, 2.45) is 0 Å². The third-order valence-corrected chi connectivity index (χ3v) is 14.6. The van der Waals surface area contributed by atoms with Crippen molar-refractivity contribution in [1.29, 1.82) is 0 Å². The SMILES string of the molecule is CCCCCCCCCC/C=C/C(O)C(COP(=O)(O)OCC[N+](C)(C)C)NC(=O)CCCCCCCCCCCCCCCCCCC/C=C\C/C=C\CCCCCCCCCCCCCCC. The first kappa shape index (κ1) is 67.7. The monoisotopic (exact) mass is 994 g/mol. The van der Waals surface area contributed by atoms with Crippen LogP contribution in [0.5, 0.6) is 0 Å². The Bertz CT molecular complexity index is 1220. The average molecular weight is 995 g/mol. The number of unbranched alkanes of at least 4 members (excludes halogenated alkanes) is 38. The number of allylic oxidation sites excluding steroid dienone is 5. The van der Waals surface area contributed by atoms with Crippen LogP contribution in [0.4, 0.5) is 0 Å². The molecule has 0 aliphatic heterocycles. The molecule has 3 N–H and O–H groups in total. The van der Waals surface area contributed by atoms with Gasteiger partial charge in [0.1, 0.15) is 13.2 Å². The zero-order chi connectivity index (χ0) is 50.6. The lowest BCUT2D eigenvalue weighted by molar-refractivity contribution is -0.870. The van der Waals surface area contributed by atoms with Crippen molar-refractivity contribution < 1.29 is 32.9 Å². The van der Waals surface area contributed by atoms with E-state index >= 15 is 0 Å². The molecule has 1 amide bonds. The molecule has 408 valence electrons. The van der Waals surface area contributed by atoms with Crippen molar-refractivity contribution in [1.82, 2.24) is 5.32 Å². The molecule has 0 saturated heterocycles. The fourth-order valence-electron chi connectivity index (χ4n) is 8.90. The molecule has 3 atom stereocenters. The quantitative estimate of drug-likeness (QED) is 0.0243. The van der Waals surface area contributed by atoms with Crippen LogP contribution in [0.15, 0.2) is 36.5 Å². The molecule has 8 nitrogen and oxygen atoms in total. The molecule has 0 saturated carbocycles. The second-order valence-electron chi connectivity index (χ2n) is 21.7. The zero-order valence-electron chi connectivity index (χ0n) is 46.6. The highest BCUT2D eigenvalue weighted by Gasteiger charge is 2.27. The van der Waals surface area contributed by atoms with Gasteiger partial charge in [-0.2, -0.15) is 0 Å². The van der Waals surface area contributed by atoms with E-state index in [-0.39, 0.29) is 19.1 Å². The molecule has 0 aromatic heterocycles. The smallest absolute Gasteiger partial charge is 0.387 e. The van der Waals surface area contributed by atoms with E-state index in [1.807, 2.05) is 27.2 Å². The summed E-state index contributed by atoms with van der Waals surface area (Å²) >= 11 is 0. The number of amides is 1. The molecular weight excluding hydrogens is 876 g/mol. The highest BCUT2D eigenvalue weighted by atomic mass is 31.2. The van der Waals surface area contributed by atoms with Crippen LogP contribution in [-0.2, 0) is 18.4 Å². The van der Waals surface area contributed by atoms with Crippen molar-refractivity contribution in [3.8, 4) is 0 Å². The Kier molecular flexibility index (Phi) is 50.7. The van der Waals surface area contributed by atoms with E-state index in [0.717, 1.165) is 44.9 Å². The minimum Gasteiger partial charge on any atom is -0.387 e. The van der Waals surface area contributed by atoms with Crippen molar-refractivity contribution in [2.75, 3.05) is 40.9 Å². The predicted molar refractivity (Wildman–Crippen MR) is 300 cm³/mol. The van der Waals surface area contributed by atoms with Crippen molar-refractivity contribution in [3.05, 3.63) is 36.5 Å². The molecule has 69 heavy (non-hydrogen) atoms. The maximum atomic E-state index is 12.9. The third kappa shape index (κ3) is 54.3. The Labute approximate surface area is 429 Å². The van der Waals surface area contributed by atoms with Gasteiger partial charge in [-0.3, -0.25) is 13.8 Å². The lowest BCUT2D eigenvalue weighted by Crippen LogP contribution is -2.45. The lowest BCUT2D eigenvalue weighted by Gasteiger charge is -2.25. The van der Waals surface area contributed by atoms with E-state index in [4.69, 9.17) is 9.05 Å². The van der Waals surface area contributed by atoms with E-state index in [1.54, 1.807) is 6.08 Å². The molecule has 0 spiro atoms. The molecule has 0 aromatic rings. The summed E-state index contributed by atoms with van der Waals surface area (Å²) in [5, 5.41) is 13.8. The number of likely N-dealkylation sites (N-methyl/N-ethyl adjacent to an activating group) is 1. The maximum absolute atomic E-state index is 12.9.